The van der Waals surface area contributed by atoms with Gasteiger partial charge in [-0.25, -0.2) is 14.5 Å². The SMILES string of the molecule is CCOC(=O)c1ccc(NCc2cnn(-c3ccccc3)c2)nc1. The van der Waals surface area contributed by atoms with Crippen LogP contribution in [0.15, 0.2) is 61.1 Å². The second-order valence-corrected chi connectivity index (χ2v) is 5.13. The molecule has 0 saturated carbocycles. The molecule has 0 atom stereocenters. The normalized spacial score (nSPS) is 10.4. The summed E-state index contributed by atoms with van der Waals surface area (Å²) in [6.07, 6.45) is 5.29. The van der Waals surface area contributed by atoms with E-state index in [1.807, 2.05) is 47.4 Å². The molecule has 0 bridgehead atoms. The van der Waals surface area contributed by atoms with Crippen LogP contribution in [0, 0.1) is 0 Å². The Labute approximate surface area is 140 Å². The van der Waals surface area contributed by atoms with Gasteiger partial charge in [-0.1, -0.05) is 18.2 Å². The summed E-state index contributed by atoms with van der Waals surface area (Å²) in [5.41, 5.74) is 2.50. The third-order valence-electron chi connectivity index (χ3n) is 3.41. The lowest BCUT2D eigenvalue weighted by Crippen LogP contribution is -2.06. The summed E-state index contributed by atoms with van der Waals surface area (Å²) in [7, 11) is 0. The first-order valence-corrected chi connectivity index (χ1v) is 7.72. The third kappa shape index (κ3) is 3.78. The number of aromatic nitrogens is 3. The first-order chi connectivity index (χ1) is 11.8. The molecule has 1 aromatic carbocycles. The monoisotopic (exact) mass is 322 g/mol. The molecule has 0 aliphatic heterocycles. The molecular weight excluding hydrogens is 304 g/mol. The van der Waals surface area contributed by atoms with Crippen molar-refractivity contribution in [2.24, 2.45) is 0 Å². The molecule has 0 amide bonds. The van der Waals surface area contributed by atoms with E-state index in [1.54, 1.807) is 19.1 Å². The molecule has 6 heteroatoms. The van der Waals surface area contributed by atoms with Crippen molar-refractivity contribution in [3.63, 3.8) is 0 Å². The highest BCUT2D eigenvalue weighted by Gasteiger charge is 2.07. The fourth-order valence-corrected chi connectivity index (χ4v) is 2.20. The molecule has 2 aromatic heterocycles. The summed E-state index contributed by atoms with van der Waals surface area (Å²) in [4.78, 5) is 15.8. The maximum atomic E-state index is 11.6. The number of ether oxygens (including phenoxy) is 1. The maximum absolute atomic E-state index is 11.6. The Kier molecular flexibility index (Phi) is 4.86. The lowest BCUT2D eigenvalue weighted by Gasteiger charge is -2.05. The van der Waals surface area contributed by atoms with E-state index in [2.05, 4.69) is 15.4 Å². The predicted molar refractivity (Wildman–Crippen MR) is 91.1 cm³/mol. The smallest absolute Gasteiger partial charge is 0.339 e. The van der Waals surface area contributed by atoms with E-state index in [1.165, 1.54) is 6.20 Å². The average molecular weight is 322 g/mol. The van der Waals surface area contributed by atoms with Crippen LogP contribution < -0.4 is 5.32 Å². The van der Waals surface area contributed by atoms with Crippen LogP contribution in [0.25, 0.3) is 5.69 Å². The van der Waals surface area contributed by atoms with Crippen LogP contribution in [0.5, 0.6) is 0 Å². The molecule has 0 radical (unpaired) electrons. The summed E-state index contributed by atoms with van der Waals surface area (Å²) in [6.45, 7) is 2.72. The minimum atomic E-state index is -0.360. The molecule has 24 heavy (non-hydrogen) atoms. The Morgan fingerprint density at radius 3 is 2.71 bits per heavy atom. The summed E-state index contributed by atoms with van der Waals surface area (Å²) in [6, 6.07) is 13.4. The van der Waals surface area contributed by atoms with E-state index < -0.39 is 0 Å². The molecule has 0 saturated heterocycles. The number of benzene rings is 1. The molecule has 0 unspecified atom stereocenters. The molecule has 1 N–H and O–H groups in total. The van der Waals surface area contributed by atoms with Crippen LogP contribution in [0.4, 0.5) is 5.82 Å². The fourth-order valence-electron chi connectivity index (χ4n) is 2.20. The van der Waals surface area contributed by atoms with E-state index in [4.69, 9.17) is 4.74 Å². The topological polar surface area (TPSA) is 69.0 Å². The molecule has 0 aliphatic carbocycles. The number of pyridine rings is 1. The Hall–Kier alpha value is -3.15. The van der Waals surface area contributed by atoms with E-state index in [9.17, 15) is 4.79 Å². The molecular formula is C18H18N4O2. The van der Waals surface area contributed by atoms with Crippen molar-refractivity contribution >= 4 is 11.8 Å². The molecule has 3 rings (SSSR count). The Morgan fingerprint density at radius 1 is 1.17 bits per heavy atom. The number of rotatable bonds is 6. The van der Waals surface area contributed by atoms with Crippen LogP contribution in [-0.2, 0) is 11.3 Å². The van der Waals surface area contributed by atoms with Gasteiger partial charge in [0.25, 0.3) is 0 Å². The number of hydrogen-bond donors (Lipinski definition) is 1. The number of carbonyl (C=O) groups is 1. The predicted octanol–water partition coefficient (Wildman–Crippen LogP) is 3.06. The number of para-hydroxylation sites is 1. The molecule has 2 heterocycles. The molecule has 0 aliphatic rings. The third-order valence-corrected chi connectivity index (χ3v) is 3.41. The summed E-state index contributed by atoms with van der Waals surface area (Å²) < 4.78 is 6.76. The number of nitrogens with zero attached hydrogens (tertiary/aromatic N) is 3. The van der Waals surface area contributed by atoms with Crippen molar-refractivity contribution in [1.29, 1.82) is 0 Å². The first-order valence-electron chi connectivity index (χ1n) is 7.72. The highest BCUT2D eigenvalue weighted by atomic mass is 16.5. The highest BCUT2D eigenvalue weighted by Crippen LogP contribution is 2.11. The van der Waals surface area contributed by atoms with Crippen molar-refractivity contribution < 1.29 is 9.53 Å². The van der Waals surface area contributed by atoms with Gasteiger partial charge in [0, 0.05) is 24.5 Å². The van der Waals surface area contributed by atoms with Gasteiger partial charge in [0.05, 0.1) is 24.1 Å². The average Bonchev–Trinajstić information content (AvgIpc) is 3.10. The van der Waals surface area contributed by atoms with E-state index in [0.717, 1.165) is 11.3 Å². The minimum Gasteiger partial charge on any atom is -0.462 e. The van der Waals surface area contributed by atoms with Crippen molar-refractivity contribution in [2.45, 2.75) is 13.5 Å². The lowest BCUT2D eigenvalue weighted by molar-refractivity contribution is 0.0526. The summed E-state index contributed by atoms with van der Waals surface area (Å²) in [5, 5.41) is 7.56. The highest BCUT2D eigenvalue weighted by molar-refractivity contribution is 5.89. The van der Waals surface area contributed by atoms with Crippen LogP contribution >= 0.6 is 0 Å². The van der Waals surface area contributed by atoms with Gasteiger partial charge in [0.15, 0.2) is 0 Å². The van der Waals surface area contributed by atoms with Gasteiger partial charge in [-0.05, 0) is 31.2 Å². The maximum Gasteiger partial charge on any atom is 0.339 e. The van der Waals surface area contributed by atoms with Gasteiger partial charge < -0.3 is 10.1 Å². The van der Waals surface area contributed by atoms with E-state index in [-0.39, 0.29) is 5.97 Å². The van der Waals surface area contributed by atoms with E-state index in [0.29, 0.717) is 24.5 Å². The lowest BCUT2D eigenvalue weighted by atomic mass is 10.3. The Bertz CT molecular complexity index is 797. The van der Waals surface area contributed by atoms with Crippen LogP contribution in [-0.4, -0.2) is 27.3 Å². The van der Waals surface area contributed by atoms with Gasteiger partial charge in [0.1, 0.15) is 5.82 Å². The van der Waals surface area contributed by atoms with Crippen molar-refractivity contribution in [3.05, 3.63) is 72.2 Å². The molecule has 0 fully saturated rings. The van der Waals surface area contributed by atoms with Gasteiger partial charge in [-0.3, -0.25) is 0 Å². The Morgan fingerprint density at radius 2 is 2.00 bits per heavy atom. The largest absolute Gasteiger partial charge is 0.462 e. The Balaban J connectivity index is 1.60. The van der Waals surface area contributed by atoms with Crippen molar-refractivity contribution in [2.75, 3.05) is 11.9 Å². The summed E-state index contributed by atoms with van der Waals surface area (Å²) >= 11 is 0. The first kappa shape index (κ1) is 15.7. The zero-order valence-corrected chi connectivity index (χ0v) is 13.3. The quantitative estimate of drug-likeness (QED) is 0.706. The summed E-state index contributed by atoms with van der Waals surface area (Å²) in [5.74, 6) is 0.330. The molecule has 6 nitrogen and oxygen atoms in total. The van der Waals surface area contributed by atoms with E-state index >= 15 is 0 Å². The number of hydrogen-bond acceptors (Lipinski definition) is 5. The second kappa shape index (κ2) is 7.41. The zero-order valence-electron chi connectivity index (χ0n) is 13.3. The standard InChI is InChI=1S/C18H18N4O2/c1-2-24-18(23)15-8-9-17(20-12-15)19-10-14-11-21-22(13-14)16-6-4-3-5-7-16/h3-9,11-13H,2,10H2,1H3,(H,19,20). The fraction of sp³-hybridized carbons (Fsp3) is 0.167. The van der Waals surface area contributed by atoms with Gasteiger partial charge >= 0.3 is 5.97 Å². The number of anilines is 1. The second-order valence-electron chi connectivity index (χ2n) is 5.13. The van der Waals surface area contributed by atoms with Gasteiger partial charge in [-0.15, -0.1) is 0 Å². The van der Waals surface area contributed by atoms with Gasteiger partial charge in [-0.2, -0.15) is 5.10 Å². The molecule has 122 valence electrons. The number of carbonyl (C=O) groups excluding carboxylic acids is 1. The van der Waals surface area contributed by atoms with Crippen molar-refractivity contribution in [3.8, 4) is 5.69 Å². The zero-order chi connectivity index (χ0) is 16.8. The van der Waals surface area contributed by atoms with Crippen molar-refractivity contribution in [1.82, 2.24) is 14.8 Å². The number of nitrogens with one attached hydrogen (secondary N) is 1. The number of esters is 1. The molecule has 3 aromatic rings. The van der Waals surface area contributed by atoms with Crippen LogP contribution in [0.3, 0.4) is 0 Å². The van der Waals surface area contributed by atoms with Crippen LogP contribution in [0.1, 0.15) is 22.8 Å². The van der Waals surface area contributed by atoms with Gasteiger partial charge in [0.2, 0.25) is 0 Å². The minimum absolute atomic E-state index is 0.351. The van der Waals surface area contributed by atoms with Crippen LogP contribution in [0.2, 0.25) is 0 Å². The molecule has 0 spiro atoms.